The summed E-state index contributed by atoms with van der Waals surface area (Å²) in [5.41, 5.74) is 1.35. The summed E-state index contributed by atoms with van der Waals surface area (Å²) in [7, 11) is 0. The molecule has 0 saturated heterocycles. The van der Waals surface area contributed by atoms with Gasteiger partial charge in [-0.25, -0.2) is 0 Å². The molecule has 0 spiro atoms. The summed E-state index contributed by atoms with van der Waals surface area (Å²) in [5.74, 6) is 0. The zero-order chi connectivity index (χ0) is 8.27. The molecule has 0 unspecified atom stereocenters. The van der Waals surface area contributed by atoms with Crippen LogP contribution in [0.3, 0.4) is 0 Å². The van der Waals surface area contributed by atoms with Crippen molar-refractivity contribution in [3.63, 3.8) is 0 Å². The molecule has 1 aromatic rings. The lowest BCUT2D eigenvalue weighted by atomic mass is 10.1. The molecule has 56 valence electrons. The molecule has 0 aliphatic heterocycles. The van der Waals surface area contributed by atoms with Crippen molar-refractivity contribution in [2.24, 2.45) is 0 Å². The van der Waals surface area contributed by atoms with E-state index in [2.05, 4.69) is 22.5 Å². The van der Waals surface area contributed by atoms with E-state index in [9.17, 15) is 4.79 Å². The van der Waals surface area contributed by atoms with Crippen LogP contribution in [0, 0.1) is 0 Å². The minimum Gasteiger partial charge on any atom is -0.298 e. The van der Waals surface area contributed by atoms with Gasteiger partial charge in [0.15, 0.2) is 0 Å². The summed E-state index contributed by atoms with van der Waals surface area (Å²) in [6, 6.07) is 7.49. The van der Waals surface area contributed by atoms with Crippen LogP contribution in [0.5, 0.6) is 0 Å². The number of hydrogen-bond acceptors (Lipinski definition) is 1. The summed E-state index contributed by atoms with van der Waals surface area (Å²) < 4.78 is 0.900. The average Bonchev–Trinajstić information content (AvgIpc) is 2.04. The van der Waals surface area contributed by atoms with Crippen LogP contribution in [0.25, 0.3) is 5.57 Å². The van der Waals surface area contributed by atoms with Crippen molar-refractivity contribution in [3.05, 3.63) is 40.9 Å². The van der Waals surface area contributed by atoms with Crippen molar-refractivity contribution in [1.82, 2.24) is 0 Å². The van der Waals surface area contributed by atoms with Crippen molar-refractivity contribution in [3.8, 4) is 0 Å². The highest BCUT2D eigenvalue weighted by Gasteiger charge is 1.99. The van der Waals surface area contributed by atoms with Gasteiger partial charge in [-0.1, -0.05) is 40.7 Å². The zero-order valence-electron chi connectivity index (χ0n) is 5.88. The molecule has 0 aromatic heterocycles. The van der Waals surface area contributed by atoms with Gasteiger partial charge >= 0.3 is 0 Å². The van der Waals surface area contributed by atoms with E-state index in [-0.39, 0.29) is 0 Å². The van der Waals surface area contributed by atoms with Gasteiger partial charge in [0.2, 0.25) is 0 Å². The first-order chi connectivity index (χ1) is 5.25. The third kappa shape index (κ3) is 1.77. The highest BCUT2D eigenvalue weighted by molar-refractivity contribution is 9.10. The minimum atomic E-state index is 0.498. The fourth-order valence-corrected chi connectivity index (χ4v) is 1.32. The third-order valence-electron chi connectivity index (χ3n) is 1.36. The molecule has 0 aliphatic rings. The Kier molecular flexibility index (Phi) is 2.60. The number of hydrogen-bond donors (Lipinski definition) is 0. The SMILES string of the molecule is C=C(C=O)c1ccccc1Br. The molecule has 0 N–H and O–H groups in total. The Balaban J connectivity index is 3.13. The summed E-state index contributed by atoms with van der Waals surface area (Å²) >= 11 is 3.32. The van der Waals surface area contributed by atoms with Gasteiger partial charge in [0.1, 0.15) is 6.29 Å². The molecule has 1 nitrogen and oxygen atoms in total. The molecule has 0 heterocycles. The first-order valence-corrected chi connectivity index (χ1v) is 3.94. The molecule has 0 fully saturated rings. The molecule has 1 aromatic carbocycles. The van der Waals surface area contributed by atoms with Gasteiger partial charge in [0.25, 0.3) is 0 Å². The fourth-order valence-electron chi connectivity index (χ4n) is 0.785. The first-order valence-electron chi connectivity index (χ1n) is 3.14. The second-order valence-electron chi connectivity index (χ2n) is 2.12. The van der Waals surface area contributed by atoms with Crippen LogP contribution in [-0.4, -0.2) is 6.29 Å². The summed E-state index contributed by atoms with van der Waals surface area (Å²) in [6.07, 6.45) is 0.750. The van der Waals surface area contributed by atoms with Gasteiger partial charge in [-0.05, 0) is 11.6 Å². The molecule has 0 amide bonds. The lowest BCUT2D eigenvalue weighted by Gasteiger charge is -1.99. The van der Waals surface area contributed by atoms with Crippen molar-refractivity contribution < 1.29 is 4.79 Å². The van der Waals surface area contributed by atoms with Gasteiger partial charge in [-0.2, -0.15) is 0 Å². The van der Waals surface area contributed by atoms with Gasteiger partial charge in [-0.15, -0.1) is 0 Å². The largest absolute Gasteiger partial charge is 0.298 e. The highest BCUT2D eigenvalue weighted by Crippen LogP contribution is 2.20. The molecular formula is C9H7BrO. The molecule has 2 heteroatoms. The van der Waals surface area contributed by atoms with Crippen molar-refractivity contribution >= 4 is 27.8 Å². The Morgan fingerprint density at radius 1 is 1.45 bits per heavy atom. The maximum absolute atomic E-state index is 10.3. The number of carbonyl (C=O) groups excluding carboxylic acids is 1. The number of aldehydes is 1. The Hall–Kier alpha value is -0.890. The minimum absolute atomic E-state index is 0.498. The molecule has 1 rings (SSSR count). The molecule has 0 radical (unpaired) electrons. The van der Waals surface area contributed by atoms with E-state index in [1.54, 1.807) is 0 Å². The van der Waals surface area contributed by atoms with Crippen LogP contribution in [0.1, 0.15) is 5.56 Å². The molecule has 0 aliphatic carbocycles. The van der Waals surface area contributed by atoms with Crippen molar-refractivity contribution in [2.45, 2.75) is 0 Å². The topological polar surface area (TPSA) is 17.1 Å². The molecular weight excluding hydrogens is 204 g/mol. The predicted molar refractivity (Wildman–Crippen MR) is 49.2 cm³/mol. The number of carbonyl (C=O) groups is 1. The maximum atomic E-state index is 10.3. The van der Waals surface area contributed by atoms with E-state index in [0.717, 1.165) is 16.3 Å². The lowest BCUT2D eigenvalue weighted by Crippen LogP contribution is -1.83. The summed E-state index contributed by atoms with van der Waals surface area (Å²) in [6.45, 7) is 3.61. The monoisotopic (exact) mass is 210 g/mol. The third-order valence-corrected chi connectivity index (χ3v) is 2.05. The second kappa shape index (κ2) is 3.49. The van der Waals surface area contributed by atoms with E-state index in [1.807, 2.05) is 24.3 Å². The van der Waals surface area contributed by atoms with Crippen LogP contribution in [0.4, 0.5) is 0 Å². The van der Waals surface area contributed by atoms with Crippen LogP contribution in [-0.2, 0) is 4.79 Å². The summed E-state index contributed by atoms with van der Waals surface area (Å²) in [5, 5.41) is 0. The molecule has 0 saturated carbocycles. The Morgan fingerprint density at radius 3 is 2.64 bits per heavy atom. The second-order valence-corrected chi connectivity index (χ2v) is 2.98. The number of allylic oxidation sites excluding steroid dienone is 1. The van der Waals surface area contributed by atoms with Crippen LogP contribution >= 0.6 is 15.9 Å². The smallest absolute Gasteiger partial charge is 0.150 e. The van der Waals surface area contributed by atoms with Crippen molar-refractivity contribution in [1.29, 1.82) is 0 Å². The van der Waals surface area contributed by atoms with Crippen molar-refractivity contribution in [2.75, 3.05) is 0 Å². The van der Waals surface area contributed by atoms with Crippen LogP contribution in [0.15, 0.2) is 35.3 Å². The Labute approximate surface area is 73.9 Å². The molecule has 0 atom stereocenters. The standard InChI is InChI=1S/C9H7BrO/c1-7(6-11)8-4-2-3-5-9(8)10/h2-6H,1H2. The van der Waals surface area contributed by atoms with E-state index in [1.165, 1.54) is 0 Å². The van der Waals surface area contributed by atoms with Gasteiger partial charge in [-0.3, -0.25) is 4.79 Å². The first kappa shape index (κ1) is 8.21. The number of halogens is 1. The van der Waals surface area contributed by atoms with Gasteiger partial charge in [0, 0.05) is 10.0 Å². The average molecular weight is 211 g/mol. The van der Waals surface area contributed by atoms with E-state index in [0.29, 0.717) is 5.57 Å². The Bertz CT molecular complexity index is 291. The Morgan fingerprint density at radius 2 is 2.09 bits per heavy atom. The van der Waals surface area contributed by atoms with E-state index >= 15 is 0 Å². The molecule has 11 heavy (non-hydrogen) atoms. The normalized spacial score (nSPS) is 9.18. The van der Waals surface area contributed by atoms with E-state index in [4.69, 9.17) is 0 Å². The molecule has 0 bridgehead atoms. The number of rotatable bonds is 2. The fraction of sp³-hybridized carbons (Fsp3) is 0. The van der Waals surface area contributed by atoms with Gasteiger partial charge in [0.05, 0.1) is 0 Å². The number of benzene rings is 1. The van der Waals surface area contributed by atoms with Crippen LogP contribution < -0.4 is 0 Å². The van der Waals surface area contributed by atoms with Gasteiger partial charge < -0.3 is 0 Å². The predicted octanol–water partition coefficient (Wildman–Crippen LogP) is 2.66. The summed E-state index contributed by atoms with van der Waals surface area (Å²) in [4.78, 5) is 10.3. The maximum Gasteiger partial charge on any atom is 0.150 e. The van der Waals surface area contributed by atoms with E-state index < -0.39 is 0 Å². The highest BCUT2D eigenvalue weighted by atomic mass is 79.9. The lowest BCUT2D eigenvalue weighted by molar-refractivity contribution is -0.103. The van der Waals surface area contributed by atoms with Crippen LogP contribution in [0.2, 0.25) is 0 Å². The quantitative estimate of drug-likeness (QED) is 0.542. The zero-order valence-corrected chi connectivity index (χ0v) is 7.47.